The Balaban J connectivity index is 0.000000558. The monoisotopic (exact) mass is 714 g/mol. The van der Waals surface area contributed by atoms with Crippen molar-refractivity contribution >= 4 is 47.2 Å². The number of benzene rings is 1. The minimum atomic E-state index is -0.230. The van der Waals surface area contributed by atoms with Crippen LogP contribution in [0.3, 0.4) is 0 Å². The number of carbonyl (C=O) groups excluding carboxylic acids is 4. The maximum absolute atomic E-state index is 12.4. The largest absolute Gasteiger partial charge is 0.491 e. The Hall–Kier alpha value is -2.36. The summed E-state index contributed by atoms with van der Waals surface area (Å²) in [5, 5.41) is 1.94. The summed E-state index contributed by atoms with van der Waals surface area (Å²) in [6.07, 6.45) is 5.06. The van der Waals surface area contributed by atoms with Gasteiger partial charge in [0, 0.05) is 19.4 Å². The standard InChI is InChI=1S/C26H41NO8S.C8H13NO2S/c1-3-5-20-36-24-21-25(28)27(26(24)29)10-11-31-14-15-33-17-19-35-23-8-6-22(7-9-23)34-18-16-32-13-12-30-4-2;1-2-3-4-12-6-5-7(10)9-8(6)11/h6-9,24H,3-5,10-21H2,1-2H3;6H,2-5H2,1H3,(H,9,10,11). The maximum atomic E-state index is 12.4. The van der Waals surface area contributed by atoms with Gasteiger partial charge in [0.15, 0.2) is 0 Å². The van der Waals surface area contributed by atoms with Crippen LogP contribution in [0.5, 0.6) is 11.5 Å². The lowest BCUT2D eigenvalue weighted by Gasteiger charge is -2.15. The fourth-order valence-corrected chi connectivity index (χ4v) is 6.82. The van der Waals surface area contributed by atoms with Crippen LogP contribution in [0.4, 0.5) is 0 Å². The second-order valence-corrected chi connectivity index (χ2v) is 13.5. The van der Waals surface area contributed by atoms with Crippen LogP contribution in [0.1, 0.15) is 59.3 Å². The first kappa shape index (κ1) is 41.8. The molecule has 2 fully saturated rings. The predicted molar refractivity (Wildman–Crippen MR) is 188 cm³/mol. The summed E-state index contributed by atoms with van der Waals surface area (Å²) in [7, 11) is 0. The molecule has 1 aromatic carbocycles. The number of hydrogen-bond acceptors (Lipinski definition) is 12. The smallest absolute Gasteiger partial charge is 0.242 e. The minimum absolute atomic E-state index is 0.0833. The highest BCUT2D eigenvalue weighted by atomic mass is 32.2. The Morgan fingerprint density at radius 2 is 1.17 bits per heavy atom. The van der Waals surface area contributed by atoms with Gasteiger partial charge in [-0.1, -0.05) is 26.7 Å². The van der Waals surface area contributed by atoms with Gasteiger partial charge in [-0.3, -0.25) is 29.4 Å². The summed E-state index contributed by atoms with van der Waals surface area (Å²) < 4.78 is 32.9. The van der Waals surface area contributed by atoms with Gasteiger partial charge in [0.25, 0.3) is 0 Å². The van der Waals surface area contributed by atoms with Crippen LogP contribution in [0, 0.1) is 0 Å². The summed E-state index contributed by atoms with van der Waals surface area (Å²) in [6.45, 7) is 11.3. The molecule has 2 aliphatic rings. The normalized spacial score (nSPS) is 17.4. The Bertz CT molecular complexity index is 1060. The Labute approximate surface area is 294 Å². The molecule has 0 aromatic heterocycles. The number of rotatable bonds is 26. The number of amides is 4. The van der Waals surface area contributed by atoms with Gasteiger partial charge in [0.2, 0.25) is 23.6 Å². The number of hydrogen-bond donors (Lipinski definition) is 1. The molecule has 2 aliphatic heterocycles. The number of thioether (sulfide) groups is 2. The van der Waals surface area contributed by atoms with Crippen molar-refractivity contribution in [2.24, 2.45) is 0 Å². The average Bonchev–Trinajstić information content (AvgIpc) is 3.55. The Morgan fingerprint density at radius 3 is 1.67 bits per heavy atom. The van der Waals surface area contributed by atoms with Crippen LogP contribution in [0.2, 0.25) is 0 Å². The van der Waals surface area contributed by atoms with E-state index in [0.717, 1.165) is 48.7 Å². The molecule has 2 heterocycles. The van der Waals surface area contributed by atoms with Gasteiger partial charge < -0.3 is 28.4 Å². The van der Waals surface area contributed by atoms with E-state index in [2.05, 4.69) is 19.2 Å². The molecule has 0 bridgehead atoms. The topological polar surface area (TPSA) is 139 Å². The third kappa shape index (κ3) is 17.9. The lowest BCUT2D eigenvalue weighted by Crippen LogP contribution is -2.34. The zero-order valence-corrected chi connectivity index (χ0v) is 30.4. The molecule has 0 spiro atoms. The van der Waals surface area contributed by atoms with Crippen molar-refractivity contribution in [3.8, 4) is 11.5 Å². The van der Waals surface area contributed by atoms with Gasteiger partial charge in [-0.05, 0) is 55.5 Å². The van der Waals surface area contributed by atoms with Crippen molar-refractivity contribution in [1.82, 2.24) is 10.2 Å². The van der Waals surface area contributed by atoms with E-state index in [0.29, 0.717) is 85.5 Å². The van der Waals surface area contributed by atoms with Gasteiger partial charge in [-0.2, -0.15) is 0 Å². The van der Waals surface area contributed by atoms with Crippen molar-refractivity contribution in [2.75, 3.05) is 84.1 Å². The van der Waals surface area contributed by atoms with Gasteiger partial charge in [0.05, 0.1) is 63.3 Å². The fraction of sp³-hybridized carbons (Fsp3) is 0.706. The van der Waals surface area contributed by atoms with Crippen molar-refractivity contribution in [1.29, 1.82) is 0 Å². The highest BCUT2D eigenvalue weighted by Crippen LogP contribution is 2.26. The molecule has 2 atom stereocenters. The van der Waals surface area contributed by atoms with E-state index in [1.807, 2.05) is 31.2 Å². The average molecular weight is 715 g/mol. The third-order valence-corrected chi connectivity index (χ3v) is 9.59. The molecular weight excluding hydrogens is 661 g/mol. The predicted octanol–water partition coefficient (Wildman–Crippen LogP) is 4.13. The van der Waals surface area contributed by atoms with Crippen LogP contribution in [-0.4, -0.2) is 123 Å². The quantitative estimate of drug-likeness (QED) is 0.109. The summed E-state index contributed by atoms with van der Waals surface area (Å²) in [5.74, 6) is 2.95. The zero-order valence-electron chi connectivity index (χ0n) is 28.7. The van der Waals surface area contributed by atoms with E-state index in [4.69, 9.17) is 28.4 Å². The Kier molecular flexibility index (Phi) is 23.1. The van der Waals surface area contributed by atoms with E-state index >= 15 is 0 Å². The minimum Gasteiger partial charge on any atom is -0.491 e. The number of carbonyl (C=O) groups is 4. The van der Waals surface area contributed by atoms with Crippen molar-refractivity contribution in [2.45, 2.75) is 69.8 Å². The molecule has 0 aliphatic carbocycles. The molecule has 1 aromatic rings. The molecule has 0 saturated carbocycles. The van der Waals surface area contributed by atoms with Crippen LogP contribution in [0.25, 0.3) is 0 Å². The van der Waals surface area contributed by atoms with E-state index in [9.17, 15) is 19.2 Å². The second kappa shape index (κ2) is 26.5. The van der Waals surface area contributed by atoms with E-state index < -0.39 is 0 Å². The van der Waals surface area contributed by atoms with Crippen LogP contribution < -0.4 is 14.8 Å². The van der Waals surface area contributed by atoms with Crippen molar-refractivity contribution in [3.63, 3.8) is 0 Å². The number of nitrogens with one attached hydrogen (secondary N) is 1. The molecular formula is C34H54N2O10S2. The lowest BCUT2D eigenvalue weighted by molar-refractivity contribution is -0.139. The van der Waals surface area contributed by atoms with E-state index in [-0.39, 0.29) is 34.1 Å². The van der Waals surface area contributed by atoms with Gasteiger partial charge in [0.1, 0.15) is 24.7 Å². The SMILES string of the molecule is CCCCSC1CC(=O)N(CCOCCOCCOc2ccc(OCCOCCOCC)cc2)C1=O.CCCCSC1CC(=O)NC1=O. The number of imide groups is 2. The fourth-order valence-electron chi connectivity index (χ4n) is 4.33. The van der Waals surface area contributed by atoms with Crippen molar-refractivity contribution in [3.05, 3.63) is 24.3 Å². The second-order valence-electron chi connectivity index (χ2n) is 10.8. The van der Waals surface area contributed by atoms with Gasteiger partial charge >= 0.3 is 0 Å². The van der Waals surface area contributed by atoms with Gasteiger partial charge in [-0.15, -0.1) is 23.5 Å². The lowest BCUT2D eigenvalue weighted by atomic mass is 10.3. The first-order chi connectivity index (χ1) is 23.4. The molecule has 48 heavy (non-hydrogen) atoms. The van der Waals surface area contributed by atoms with E-state index in [1.165, 1.54) is 4.90 Å². The first-order valence-corrected chi connectivity index (χ1v) is 19.1. The zero-order chi connectivity index (χ0) is 34.8. The Morgan fingerprint density at radius 1 is 0.667 bits per heavy atom. The summed E-state index contributed by atoms with van der Waals surface area (Å²) >= 11 is 3.17. The molecule has 3 rings (SSSR count). The van der Waals surface area contributed by atoms with Crippen LogP contribution in [0.15, 0.2) is 24.3 Å². The molecule has 2 unspecified atom stereocenters. The number of nitrogens with zero attached hydrogens (tertiary/aromatic N) is 1. The molecule has 1 N–H and O–H groups in total. The van der Waals surface area contributed by atoms with Crippen LogP contribution >= 0.6 is 23.5 Å². The first-order valence-electron chi connectivity index (χ1n) is 17.0. The van der Waals surface area contributed by atoms with Crippen LogP contribution in [-0.2, 0) is 38.1 Å². The highest BCUT2D eigenvalue weighted by molar-refractivity contribution is 8.00. The molecule has 272 valence electrons. The molecule has 12 nitrogen and oxygen atoms in total. The highest BCUT2D eigenvalue weighted by Gasteiger charge is 2.38. The summed E-state index contributed by atoms with van der Waals surface area (Å²) in [6, 6.07) is 7.41. The summed E-state index contributed by atoms with van der Waals surface area (Å²) in [4.78, 5) is 47.5. The maximum Gasteiger partial charge on any atom is 0.242 e. The molecule has 0 radical (unpaired) electrons. The molecule has 4 amide bonds. The van der Waals surface area contributed by atoms with Gasteiger partial charge in [-0.25, -0.2) is 0 Å². The van der Waals surface area contributed by atoms with Crippen molar-refractivity contribution < 1.29 is 47.6 Å². The number of unbranched alkanes of at least 4 members (excludes halogenated alkanes) is 2. The van der Waals surface area contributed by atoms with E-state index in [1.54, 1.807) is 23.5 Å². The third-order valence-electron chi connectivity index (χ3n) is 6.99. The number of ether oxygens (including phenoxy) is 6. The molecule has 2 saturated heterocycles. The summed E-state index contributed by atoms with van der Waals surface area (Å²) in [5.41, 5.74) is 0. The number of likely N-dealkylation sites (tertiary alicyclic amines) is 1. The molecule has 14 heteroatoms.